The summed E-state index contributed by atoms with van der Waals surface area (Å²) in [6, 6.07) is 5.18. The minimum absolute atomic E-state index is 0.106. The summed E-state index contributed by atoms with van der Waals surface area (Å²) < 4.78 is 10.4. The molecule has 0 amide bonds. The summed E-state index contributed by atoms with van der Waals surface area (Å²) in [4.78, 5) is 11.8. The van der Waals surface area contributed by atoms with Crippen molar-refractivity contribution in [1.29, 1.82) is 0 Å². The van der Waals surface area contributed by atoms with Crippen LogP contribution >= 0.6 is 11.6 Å². The minimum Gasteiger partial charge on any atom is -0.493 e. The van der Waals surface area contributed by atoms with Gasteiger partial charge < -0.3 is 9.15 Å². The van der Waals surface area contributed by atoms with Crippen LogP contribution in [-0.2, 0) is 5.88 Å². The molecule has 0 atom stereocenters. The molecule has 0 aliphatic rings. The molecular weight excluding hydrogens is 216 g/mol. The van der Waals surface area contributed by atoms with Crippen LogP contribution < -0.4 is 10.2 Å². The quantitative estimate of drug-likeness (QED) is 0.736. The average Bonchev–Trinajstić information content (AvgIpc) is 2.29. The SMILES string of the molecule is COc1cccc2c(=O)c(CCl)coc12. The van der Waals surface area contributed by atoms with E-state index in [1.807, 2.05) is 0 Å². The lowest BCUT2D eigenvalue weighted by Gasteiger charge is -2.03. The largest absolute Gasteiger partial charge is 0.493 e. The average molecular weight is 225 g/mol. The molecule has 0 aliphatic heterocycles. The first-order valence-corrected chi connectivity index (χ1v) is 4.94. The van der Waals surface area contributed by atoms with E-state index >= 15 is 0 Å². The van der Waals surface area contributed by atoms with Gasteiger partial charge in [0.15, 0.2) is 16.8 Å². The molecule has 2 aromatic rings. The molecule has 0 saturated carbocycles. The highest BCUT2D eigenvalue weighted by atomic mass is 35.5. The van der Waals surface area contributed by atoms with Gasteiger partial charge in [-0.3, -0.25) is 4.79 Å². The van der Waals surface area contributed by atoms with Crippen molar-refractivity contribution in [2.24, 2.45) is 0 Å². The van der Waals surface area contributed by atoms with Crippen molar-refractivity contribution in [3.63, 3.8) is 0 Å². The Morgan fingerprint density at radius 1 is 1.47 bits per heavy atom. The Morgan fingerprint density at radius 3 is 2.93 bits per heavy atom. The van der Waals surface area contributed by atoms with Gasteiger partial charge in [0, 0.05) is 0 Å². The number of halogens is 1. The highest BCUT2D eigenvalue weighted by molar-refractivity contribution is 6.17. The van der Waals surface area contributed by atoms with Crippen LogP contribution in [0.15, 0.2) is 33.7 Å². The van der Waals surface area contributed by atoms with Crippen molar-refractivity contribution in [1.82, 2.24) is 0 Å². The first kappa shape index (κ1) is 10.1. The summed E-state index contributed by atoms with van der Waals surface area (Å²) in [5.74, 6) is 0.695. The smallest absolute Gasteiger partial charge is 0.197 e. The van der Waals surface area contributed by atoms with E-state index in [1.54, 1.807) is 18.2 Å². The Kier molecular flexibility index (Phi) is 2.64. The number of benzene rings is 1. The molecule has 1 heterocycles. The maximum absolute atomic E-state index is 11.8. The Morgan fingerprint density at radius 2 is 2.27 bits per heavy atom. The van der Waals surface area contributed by atoms with Crippen molar-refractivity contribution < 1.29 is 9.15 Å². The first-order valence-electron chi connectivity index (χ1n) is 4.41. The summed E-state index contributed by atoms with van der Waals surface area (Å²) >= 11 is 5.61. The predicted octanol–water partition coefficient (Wildman–Crippen LogP) is 2.54. The van der Waals surface area contributed by atoms with Crippen LogP contribution in [0.3, 0.4) is 0 Å². The molecule has 0 aliphatic carbocycles. The zero-order chi connectivity index (χ0) is 10.8. The summed E-state index contributed by atoms with van der Waals surface area (Å²) in [5, 5.41) is 0.493. The Bertz CT molecular complexity index is 545. The Labute approximate surface area is 91.2 Å². The Balaban J connectivity index is 2.84. The standard InChI is InChI=1S/C11H9ClO3/c1-14-9-4-2-3-8-10(13)7(5-12)6-15-11(8)9/h2-4,6H,5H2,1H3. The van der Waals surface area contributed by atoms with Gasteiger partial charge in [-0.25, -0.2) is 0 Å². The molecule has 0 unspecified atom stereocenters. The predicted molar refractivity (Wildman–Crippen MR) is 58.6 cm³/mol. The molecule has 0 fully saturated rings. The third-order valence-electron chi connectivity index (χ3n) is 2.20. The van der Waals surface area contributed by atoms with Crippen molar-refractivity contribution in [3.8, 4) is 5.75 Å². The molecule has 3 nitrogen and oxygen atoms in total. The molecule has 0 bridgehead atoms. The fourth-order valence-corrected chi connectivity index (χ4v) is 1.61. The van der Waals surface area contributed by atoms with E-state index in [-0.39, 0.29) is 11.3 Å². The van der Waals surface area contributed by atoms with Crippen LogP contribution in [0, 0.1) is 0 Å². The molecule has 0 spiro atoms. The van der Waals surface area contributed by atoms with E-state index in [2.05, 4.69) is 0 Å². The normalized spacial score (nSPS) is 10.5. The number of rotatable bonds is 2. The molecule has 4 heteroatoms. The van der Waals surface area contributed by atoms with E-state index < -0.39 is 0 Å². The van der Waals surface area contributed by atoms with Gasteiger partial charge in [0.1, 0.15) is 0 Å². The van der Waals surface area contributed by atoms with Gasteiger partial charge in [0.2, 0.25) is 0 Å². The number of para-hydroxylation sites is 1. The number of methoxy groups -OCH3 is 1. The Hall–Kier alpha value is -1.48. The highest BCUT2D eigenvalue weighted by Crippen LogP contribution is 2.23. The van der Waals surface area contributed by atoms with E-state index in [0.29, 0.717) is 22.3 Å². The molecule has 1 aromatic carbocycles. The fourth-order valence-electron chi connectivity index (χ4n) is 1.43. The molecule has 0 saturated heterocycles. The highest BCUT2D eigenvalue weighted by Gasteiger charge is 2.09. The topological polar surface area (TPSA) is 39.4 Å². The second-order valence-electron chi connectivity index (χ2n) is 3.06. The van der Waals surface area contributed by atoms with Gasteiger partial charge in [-0.1, -0.05) is 6.07 Å². The lowest BCUT2D eigenvalue weighted by Crippen LogP contribution is -2.07. The molecule has 1 aromatic heterocycles. The van der Waals surface area contributed by atoms with E-state index in [0.717, 1.165) is 0 Å². The number of hydrogen-bond acceptors (Lipinski definition) is 3. The fraction of sp³-hybridized carbons (Fsp3) is 0.182. The molecule has 15 heavy (non-hydrogen) atoms. The van der Waals surface area contributed by atoms with Gasteiger partial charge in [0.05, 0.1) is 30.2 Å². The maximum atomic E-state index is 11.8. The number of alkyl halides is 1. The summed E-state index contributed by atoms with van der Waals surface area (Å²) in [5.41, 5.74) is 0.807. The molecule has 0 radical (unpaired) electrons. The van der Waals surface area contributed by atoms with Gasteiger partial charge in [0.25, 0.3) is 0 Å². The maximum Gasteiger partial charge on any atom is 0.197 e. The zero-order valence-electron chi connectivity index (χ0n) is 8.12. The van der Waals surface area contributed by atoms with Crippen LogP contribution in [0.4, 0.5) is 0 Å². The van der Waals surface area contributed by atoms with Crippen molar-refractivity contribution in [2.75, 3.05) is 7.11 Å². The van der Waals surface area contributed by atoms with E-state index in [9.17, 15) is 4.79 Å². The van der Waals surface area contributed by atoms with E-state index in [1.165, 1.54) is 13.4 Å². The van der Waals surface area contributed by atoms with Crippen molar-refractivity contribution in [3.05, 3.63) is 40.2 Å². The van der Waals surface area contributed by atoms with Gasteiger partial charge in [-0.15, -0.1) is 11.6 Å². The number of hydrogen-bond donors (Lipinski definition) is 0. The van der Waals surface area contributed by atoms with Gasteiger partial charge >= 0.3 is 0 Å². The lowest BCUT2D eigenvalue weighted by atomic mass is 10.2. The number of fused-ring (bicyclic) bond motifs is 1. The van der Waals surface area contributed by atoms with Crippen LogP contribution in [0.2, 0.25) is 0 Å². The first-order chi connectivity index (χ1) is 7.27. The third-order valence-corrected chi connectivity index (χ3v) is 2.49. The van der Waals surface area contributed by atoms with Gasteiger partial charge in [-0.05, 0) is 12.1 Å². The molecular formula is C11H9ClO3. The van der Waals surface area contributed by atoms with E-state index in [4.69, 9.17) is 20.8 Å². The summed E-state index contributed by atoms with van der Waals surface area (Å²) in [6.07, 6.45) is 1.38. The minimum atomic E-state index is -0.106. The summed E-state index contributed by atoms with van der Waals surface area (Å²) in [6.45, 7) is 0. The van der Waals surface area contributed by atoms with Crippen molar-refractivity contribution in [2.45, 2.75) is 5.88 Å². The molecule has 0 N–H and O–H groups in total. The van der Waals surface area contributed by atoms with Crippen LogP contribution in [0.25, 0.3) is 11.0 Å². The van der Waals surface area contributed by atoms with Crippen LogP contribution in [0.5, 0.6) is 5.75 Å². The third kappa shape index (κ3) is 1.59. The summed E-state index contributed by atoms with van der Waals surface area (Å²) in [7, 11) is 1.53. The van der Waals surface area contributed by atoms with Crippen LogP contribution in [0.1, 0.15) is 5.56 Å². The van der Waals surface area contributed by atoms with Crippen molar-refractivity contribution >= 4 is 22.6 Å². The monoisotopic (exact) mass is 224 g/mol. The molecule has 78 valence electrons. The number of ether oxygens (including phenoxy) is 1. The molecule has 2 rings (SSSR count). The lowest BCUT2D eigenvalue weighted by molar-refractivity contribution is 0.409. The van der Waals surface area contributed by atoms with Crippen LogP contribution in [-0.4, -0.2) is 7.11 Å². The second kappa shape index (κ2) is 3.95. The van der Waals surface area contributed by atoms with Gasteiger partial charge in [-0.2, -0.15) is 0 Å². The second-order valence-corrected chi connectivity index (χ2v) is 3.33. The zero-order valence-corrected chi connectivity index (χ0v) is 8.88.